The molecule has 0 aliphatic carbocycles. The van der Waals surface area contributed by atoms with Crippen molar-refractivity contribution in [3.8, 4) is 5.75 Å². The third-order valence-corrected chi connectivity index (χ3v) is 3.01. The first-order chi connectivity index (χ1) is 9.52. The average Bonchev–Trinajstić information content (AvgIpc) is 2.75. The van der Waals surface area contributed by atoms with Crippen LogP contribution in [0.15, 0.2) is 33.5 Å². The molecule has 1 aliphatic heterocycles. The molecule has 1 N–H and O–H groups in total. The molecule has 0 fully saturated rings. The number of quaternary nitrogens is 1. The van der Waals surface area contributed by atoms with E-state index in [-0.39, 0.29) is 0 Å². The minimum atomic E-state index is 0.693. The molecule has 1 unspecified atom stereocenters. The second kappa shape index (κ2) is 5.79. The van der Waals surface area contributed by atoms with Gasteiger partial charge in [0.1, 0.15) is 18.5 Å². The Bertz CT molecular complexity index is 591. The largest absolute Gasteiger partial charge is 0.496 e. The molecule has 106 valence electrons. The van der Waals surface area contributed by atoms with Crippen LogP contribution in [0.4, 0.5) is 11.4 Å². The number of methoxy groups -OCH3 is 1. The van der Waals surface area contributed by atoms with Crippen molar-refractivity contribution < 1.29 is 14.3 Å². The summed E-state index contributed by atoms with van der Waals surface area (Å²) in [6, 6.07) is 5.81. The van der Waals surface area contributed by atoms with E-state index in [1.165, 1.54) is 0 Å². The zero-order chi connectivity index (χ0) is 14.7. The Morgan fingerprint density at radius 3 is 2.60 bits per heavy atom. The quantitative estimate of drug-likeness (QED) is 0.638. The zero-order valence-electron chi connectivity index (χ0n) is 12.5. The Hall–Kier alpha value is -2.28. The molecular formula is C13H20N6O+2. The molecule has 20 heavy (non-hydrogen) atoms. The summed E-state index contributed by atoms with van der Waals surface area (Å²) in [6.45, 7) is 0. The molecule has 0 radical (unpaired) electrons. The highest BCUT2D eigenvalue weighted by atomic mass is 16.5. The summed E-state index contributed by atoms with van der Waals surface area (Å²) in [7, 11) is 9.38. The van der Waals surface area contributed by atoms with Crippen LogP contribution >= 0.6 is 0 Å². The number of rotatable bonds is 3. The summed E-state index contributed by atoms with van der Waals surface area (Å²) in [4.78, 5) is 2.01. The van der Waals surface area contributed by atoms with E-state index in [9.17, 15) is 0 Å². The number of anilines is 1. The van der Waals surface area contributed by atoms with Crippen LogP contribution in [0.3, 0.4) is 0 Å². The van der Waals surface area contributed by atoms with Gasteiger partial charge in [-0.3, -0.25) is 0 Å². The van der Waals surface area contributed by atoms with E-state index >= 15 is 0 Å². The highest BCUT2D eigenvalue weighted by Crippen LogP contribution is 2.31. The Balaban J connectivity index is 2.28. The minimum Gasteiger partial charge on any atom is -0.494 e. The second-order valence-electron chi connectivity index (χ2n) is 4.72. The number of nitrogens with one attached hydrogen (secondary N) is 1. The topological polar surface area (TPSA) is 57.0 Å². The second-order valence-corrected chi connectivity index (χ2v) is 4.72. The number of hydrogen-bond acceptors (Lipinski definition) is 5. The Labute approximate surface area is 118 Å². The summed E-state index contributed by atoms with van der Waals surface area (Å²) < 4.78 is 7.20. The predicted molar refractivity (Wildman–Crippen MR) is 78.4 cm³/mol. The van der Waals surface area contributed by atoms with Gasteiger partial charge >= 0.3 is 5.96 Å². The average molecular weight is 276 g/mol. The van der Waals surface area contributed by atoms with Gasteiger partial charge in [0.05, 0.1) is 24.4 Å². The van der Waals surface area contributed by atoms with Crippen molar-refractivity contribution in [2.75, 3.05) is 40.2 Å². The van der Waals surface area contributed by atoms with E-state index in [0.29, 0.717) is 11.4 Å². The lowest BCUT2D eigenvalue weighted by Crippen LogP contribution is -3.06. The molecule has 1 aromatic carbocycles. The monoisotopic (exact) mass is 276 g/mol. The third-order valence-electron chi connectivity index (χ3n) is 3.01. The molecule has 2 rings (SSSR count). The Morgan fingerprint density at radius 1 is 1.30 bits per heavy atom. The van der Waals surface area contributed by atoms with Crippen molar-refractivity contribution in [1.82, 2.24) is 0 Å². The van der Waals surface area contributed by atoms with E-state index in [1.54, 1.807) is 13.4 Å². The first-order valence-electron chi connectivity index (χ1n) is 6.28. The first-order valence-corrected chi connectivity index (χ1v) is 6.28. The first kappa shape index (κ1) is 14.1. The predicted octanol–water partition coefficient (Wildman–Crippen LogP) is 0.315. The SMILES string of the molecule is COc1cc(N(C)C)ccc1N=NC1=[N+](C)C=N[NH+]1C. The molecule has 7 nitrogen and oxygen atoms in total. The van der Waals surface area contributed by atoms with Gasteiger partial charge in [0.15, 0.2) is 0 Å². The maximum absolute atomic E-state index is 5.36. The molecule has 0 spiro atoms. The fourth-order valence-electron chi connectivity index (χ4n) is 1.81. The highest BCUT2D eigenvalue weighted by Gasteiger charge is 2.28. The molecule has 0 bridgehead atoms. The van der Waals surface area contributed by atoms with Gasteiger partial charge in [-0.1, -0.05) is 10.1 Å². The minimum absolute atomic E-state index is 0.693. The van der Waals surface area contributed by atoms with E-state index in [2.05, 4.69) is 15.3 Å². The van der Waals surface area contributed by atoms with Gasteiger partial charge in [0, 0.05) is 25.8 Å². The number of hydrogen-bond donors (Lipinski definition) is 1. The van der Waals surface area contributed by atoms with E-state index in [0.717, 1.165) is 16.7 Å². The summed E-state index contributed by atoms with van der Waals surface area (Å²) in [6.07, 6.45) is 1.72. The van der Waals surface area contributed by atoms with Gasteiger partial charge in [0.25, 0.3) is 6.34 Å². The van der Waals surface area contributed by atoms with Crippen molar-refractivity contribution in [3.63, 3.8) is 0 Å². The molecular weight excluding hydrogens is 256 g/mol. The third kappa shape index (κ3) is 2.83. The van der Waals surface area contributed by atoms with Crippen LogP contribution < -0.4 is 14.6 Å². The molecule has 1 aliphatic rings. The van der Waals surface area contributed by atoms with Gasteiger partial charge in [0.2, 0.25) is 0 Å². The summed E-state index contributed by atoms with van der Waals surface area (Å²) in [5, 5.41) is 13.5. The van der Waals surface area contributed by atoms with Crippen LogP contribution in [-0.2, 0) is 0 Å². The van der Waals surface area contributed by atoms with Crippen molar-refractivity contribution in [2.45, 2.75) is 0 Å². The maximum atomic E-state index is 5.36. The highest BCUT2D eigenvalue weighted by molar-refractivity contribution is 5.73. The fourth-order valence-corrected chi connectivity index (χ4v) is 1.81. The molecule has 1 aromatic rings. The van der Waals surface area contributed by atoms with Crippen LogP contribution in [0.25, 0.3) is 0 Å². The molecule has 0 saturated heterocycles. The molecule has 0 saturated carbocycles. The van der Waals surface area contributed by atoms with Crippen molar-refractivity contribution in [3.05, 3.63) is 18.2 Å². The number of nitrogens with zero attached hydrogens (tertiary/aromatic N) is 5. The lowest BCUT2D eigenvalue weighted by molar-refractivity contribution is -0.798. The summed E-state index contributed by atoms with van der Waals surface area (Å²) in [5.74, 6) is 1.43. The summed E-state index contributed by atoms with van der Waals surface area (Å²) >= 11 is 0. The lowest BCUT2D eigenvalue weighted by Gasteiger charge is -2.13. The Kier molecular flexibility index (Phi) is 4.09. The van der Waals surface area contributed by atoms with Crippen molar-refractivity contribution in [2.24, 2.45) is 15.3 Å². The van der Waals surface area contributed by atoms with Gasteiger partial charge in [-0.25, -0.2) is 0 Å². The number of azo groups is 1. The lowest BCUT2D eigenvalue weighted by atomic mass is 10.2. The summed E-state index contributed by atoms with van der Waals surface area (Å²) in [5.41, 5.74) is 1.75. The molecule has 1 atom stereocenters. The van der Waals surface area contributed by atoms with E-state index in [4.69, 9.17) is 4.74 Å². The Morgan fingerprint density at radius 2 is 2.05 bits per heavy atom. The molecule has 0 aromatic heterocycles. The van der Waals surface area contributed by atoms with Gasteiger partial charge in [-0.05, 0) is 12.1 Å². The normalized spacial score (nSPS) is 18.1. The number of guanidine groups is 1. The van der Waals surface area contributed by atoms with E-state index < -0.39 is 0 Å². The smallest absolute Gasteiger partial charge is 0.494 e. The number of benzene rings is 1. The van der Waals surface area contributed by atoms with Gasteiger partial charge in [-0.15, -0.1) is 0 Å². The van der Waals surface area contributed by atoms with Crippen molar-refractivity contribution >= 4 is 23.7 Å². The van der Waals surface area contributed by atoms with Crippen LogP contribution in [0, 0.1) is 0 Å². The fraction of sp³-hybridized carbons (Fsp3) is 0.385. The standard InChI is InChI=1S/C13H19N6O/c1-17(2)10-6-7-11(12(8-10)20-5)15-16-13-18(3)9-14-19(13)4/h6-9H,1-5H3/q+1/p+1. The van der Waals surface area contributed by atoms with Gasteiger partial charge < -0.3 is 9.64 Å². The maximum Gasteiger partial charge on any atom is 0.496 e. The van der Waals surface area contributed by atoms with Crippen LogP contribution in [0.2, 0.25) is 0 Å². The van der Waals surface area contributed by atoms with E-state index in [1.807, 2.05) is 55.9 Å². The van der Waals surface area contributed by atoms with Crippen LogP contribution in [0.5, 0.6) is 5.75 Å². The van der Waals surface area contributed by atoms with Crippen molar-refractivity contribution in [1.29, 1.82) is 0 Å². The number of ether oxygens (including phenoxy) is 1. The van der Waals surface area contributed by atoms with Crippen LogP contribution in [0.1, 0.15) is 0 Å². The molecule has 0 amide bonds. The zero-order valence-corrected chi connectivity index (χ0v) is 12.5. The van der Waals surface area contributed by atoms with Crippen LogP contribution in [-0.4, -0.2) is 52.2 Å². The van der Waals surface area contributed by atoms with Gasteiger partial charge in [-0.2, -0.15) is 4.58 Å². The molecule has 7 heteroatoms. The molecule has 1 heterocycles.